The smallest absolute Gasteiger partial charge is 0.238 e. The van der Waals surface area contributed by atoms with Crippen LogP contribution in [0.4, 0.5) is 0 Å². The summed E-state index contributed by atoms with van der Waals surface area (Å²) in [4.78, 5) is 23.9. The molecule has 6 heteroatoms. The van der Waals surface area contributed by atoms with Gasteiger partial charge >= 0.3 is 0 Å². The minimum atomic E-state index is -0.589. The summed E-state index contributed by atoms with van der Waals surface area (Å²) in [5, 5.41) is 18.0. The normalized spacial score (nSPS) is 37.3. The Hall–Kier alpha value is -1.61. The maximum absolute atomic E-state index is 12.4. The van der Waals surface area contributed by atoms with Crippen molar-refractivity contribution in [3.05, 3.63) is 0 Å². The first-order valence-electron chi connectivity index (χ1n) is 7.66. The number of nitrogens with zero attached hydrogens (tertiary/aromatic N) is 1. The number of nitriles is 1. The zero-order valence-corrected chi connectivity index (χ0v) is 12.5. The largest absolute Gasteiger partial charge is 0.356 e. The second-order valence-corrected chi connectivity index (χ2v) is 7.04. The number of nitrogens with one attached hydrogen (secondary N) is 3. The van der Waals surface area contributed by atoms with Gasteiger partial charge in [0.05, 0.1) is 12.1 Å². The summed E-state index contributed by atoms with van der Waals surface area (Å²) in [5.41, 5.74) is 0.223. The molecule has 3 rings (SSSR count). The van der Waals surface area contributed by atoms with Gasteiger partial charge in [0.25, 0.3) is 0 Å². The fourth-order valence-corrected chi connectivity index (χ4v) is 4.03. The van der Waals surface area contributed by atoms with Crippen LogP contribution in [0.15, 0.2) is 0 Å². The average Bonchev–Trinajstić information content (AvgIpc) is 2.84. The van der Waals surface area contributed by atoms with E-state index < -0.39 is 6.04 Å². The minimum absolute atomic E-state index is 0.00752. The van der Waals surface area contributed by atoms with Crippen LogP contribution in [0.25, 0.3) is 0 Å². The molecule has 2 amide bonds. The SMILES string of the molecule is CC1(C)[C@@H]2[C@@H](C(=O)NC(C#N)C[C@@H]3CCNC3=O)NC[C@@H]21. The number of rotatable bonds is 4. The molecular formula is C15H22N4O2. The van der Waals surface area contributed by atoms with Crippen LogP contribution < -0.4 is 16.0 Å². The van der Waals surface area contributed by atoms with E-state index in [1.165, 1.54) is 0 Å². The predicted octanol–water partition coefficient (Wildman–Crippen LogP) is -0.235. The Morgan fingerprint density at radius 2 is 2.33 bits per heavy atom. The summed E-state index contributed by atoms with van der Waals surface area (Å²) in [5.74, 6) is 0.669. The molecule has 21 heavy (non-hydrogen) atoms. The van der Waals surface area contributed by atoms with E-state index in [2.05, 4.69) is 35.9 Å². The Kier molecular flexibility index (Phi) is 3.40. The molecule has 3 N–H and O–H groups in total. The summed E-state index contributed by atoms with van der Waals surface area (Å²) in [7, 11) is 0. The van der Waals surface area contributed by atoms with Crippen molar-refractivity contribution in [1.82, 2.24) is 16.0 Å². The molecule has 3 fully saturated rings. The van der Waals surface area contributed by atoms with Crippen molar-refractivity contribution in [3.8, 4) is 6.07 Å². The van der Waals surface area contributed by atoms with Gasteiger partial charge in [0, 0.05) is 12.5 Å². The molecule has 5 atom stereocenters. The van der Waals surface area contributed by atoms with Crippen LogP contribution in [0.1, 0.15) is 26.7 Å². The van der Waals surface area contributed by atoms with Crippen molar-refractivity contribution in [2.75, 3.05) is 13.1 Å². The molecule has 1 aliphatic carbocycles. The van der Waals surface area contributed by atoms with Gasteiger partial charge in [0.1, 0.15) is 6.04 Å². The lowest BCUT2D eigenvalue weighted by Gasteiger charge is -2.21. The minimum Gasteiger partial charge on any atom is -0.356 e. The highest BCUT2D eigenvalue weighted by Gasteiger charge is 2.65. The van der Waals surface area contributed by atoms with E-state index in [4.69, 9.17) is 0 Å². The lowest BCUT2D eigenvalue weighted by Crippen LogP contribution is -2.48. The fraction of sp³-hybridized carbons (Fsp3) is 0.800. The molecule has 0 aromatic carbocycles. The zero-order valence-electron chi connectivity index (χ0n) is 12.5. The summed E-state index contributed by atoms with van der Waals surface area (Å²) >= 11 is 0. The van der Waals surface area contributed by atoms with E-state index in [1.807, 2.05) is 0 Å². The summed E-state index contributed by atoms with van der Waals surface area (Å²) in [6, 6.07) is 1.33. The van der Waals surface area contributed by atoms with Gasteiger partial charge in [-0.15, -0.1) is 0 Å². The molecule has 2 aliphatic heterocycles. The number of piperidine rings is 1. The van der Waals surface area contributed by atoms with Crippen molar-refractivity contribution in [2.45, 2.75) is 38.8 Å². The molecule has 114 valence electrons. The monoisotopic (exact) mass is 290 g/mol. The molecular weight excluding hydrogens is 268 g/mol. The molecule has 2 heterocycles. The predicted molar refractivity (Wildman–Crippen MR) is 75.8 cm³/mol. The van der Waals surface area contributed by atoms with Crippen LogP contribution in [-0.4, -0.2) is 37.0 Å². The first-order valence-corrected chi connectivity index (χ1v) is 7.66. The van der Waals surface area contributed by atoms with Crippen LogP contribution in [0.5, 0.6) is 0 Å². The van der Waals surface area contributed by atoms with Gasteiger partial charge < -0.3 is 16.0 Å². The summed E-state index contributed by atoms with van der Waals surface area (Å²) < 4.78 is 0. The number of fused-ring (bicyclic) bond motifs is 1. The van der Waals surface area contributed by atoms with Crippen LogP contribution in [-0.2, 0) is 9.59 Å². The molecule has 3 aliphatic rings. The van der Waals surface area contributed by atoms with Crippen molar-refractivity contribution < 1.29 is 9.59 Å². The molecule has 0 radical (unpaired) electrons. The maximum atomic E-state index is 12.4. The highest BCUT2D eigenvalue weighted by atomic mass is 16.2. The third-order valence-corrected chi connectivity index (χ3v) is 5.49. The Labute approximate surface area is 124 Å². The van der Waals surface area contributed by atoms with E-state index in [0.29, 0.717) is 24.8 Å². The van der Waals surface area contributed by atoms with Gasteiger partial charge in [-0.05, 0) is 36.6 Å². The molecule has 6 nitrogen and oxygen atoms in total. The quantitative estimate of drug-likeness (QED) is 0.666. The van der Waals surface area contributed by atoms with E-state index in [0.717, 1.165) is 13.0 Å². The standard InChI is InChI=1S/C15H22N4O2/c1-15(2)10-7-18-12(11(10)15)14(21)19-9(6-16)5-8-3-4-17-13(8)20/h8-12,18H,3-5,7H2,1-2H3,(H,17,20)(H,19,21)/t8-,9?,10-,11-,12-/m0/s1. The van der Waals surface area contributed by atoms with Crippen molar-refractivity contribution in [1.29, 1.82) is 5.26 Å². The zero-order chi connectivity index (χ0) is 15.2. The van der Waals surface area contributed by atoms with E-state index >= 15 is 0 Å². The first-order chi connectivity index (χ1) is 9.95. The van der Waals surface area contributed by atoms with Crippen molar-refractivity contribution in [2.24, 2.45) is 23.2 Å². The van der Waals surface area contributed by atoms with Crippen LogP contribution in [0.3, 0.4) is 0 Å². The van der Waals surface area contributed by atoms with E-state index in [9.17, 15) is 14.9 Å². The molecule has 0 aromatic rings. The average molecular weight is 290 g/mol. The second kappa shape index (κ2) is 4.99. The van der Waals surface area contributed by atoms with Gasteiger partial charge in [0.2, 0.25) is 11.8 Å². The van der Waals surface area contributed by atoms with Gasteiger partial charge in [-0.1, -0.05) is 13.8 Å². The first kappa shape index (κ1) is 14.3. The lowest BCUT2D eigenvalue weighted by molar-refractivity contribution is -0.125. The Bertz CT molecular complexity index is 510. The van der Waals surface area contributed by atoms with E-state index in [1.54, 1.807) is 0 Å². The van der Waals surface area contributed by atoms with E-state index in [-0.39, 0.29) is 29.2 Å². The Balaban J connectivity index is 1.56. The topological polar surface area (TPSA) is 94.0 Å². The number of amides is 2. The molecule has 0 aromatic heterocycles. The third kappa shape index (κ3) is 2.40. The lowest BCUT2D eigenvalue weighted by atomic mass is 9.98. The number of hydrogen-bond donors (Lipinski definition) is 3. The van der Waals surface area contributed by atoms with Gasteiger partial charge in [0.15, 0.2) is 0 Å². The Morgan fingerprint density at radius 1 is 1.57 bits per heavy atom. The number of carbonyl (C=O) groups excluding carboxylic acids is 2. The second-order valence-electron chi connectivity index (χ2n) is 7.04. The number of hydrogen-bond acceptors (Lipinski definition) is 4. The molecule has 0 spiro atoms. The Morgan fingerprint density at radius 3 is 2.86 bits per heavy atom. The van der Waals surface area contributed by atoms with Gasteiger partial charge in [-0.3, -0.25) is 9.59 Å². The maximum Gasteiger partial charge on any atom is 0.238 e. The van der Waals surface area contributed by atoms with Crippen LogP contribution in [0, 0.1) is 34.5 Å². The molecule has 0 bridgehead atoms. The van der Waals surface area contributed by atoms with Crippen molar-refractivity contribution in [3.63, 3.8) is 0 Å². The highest BCUT2D eigenvalue weighted by Crippen LogP contribution is 2.62. The van der Waals surface area contributed by atoms with Gasteiger partial charge in [-0.2, -0.15) is 5.26 Å². The van der Waals surface area contributed by atoms with Crippen LogP contribution >= 0.6 is 0 Å². The summed E-state index contributed by atoms with van der Waals surface area (Å²) in [6.07, 6.45) is 1.14. The molecule has 2 saturated heterocycles. The fourth-order valence-electron chi connectivity index (χ4n) is 4.03. The molecule has 1 unspecified atom stereocenters. The van der Waals surface area contributed by atoms with Gasteiger partial charge in [-0.25, -0.2) is 0 Å². The summed E-state index contributed by atoms with van der Waals surface area (Å²) in [6.45, 7) is 5.91. The van der Waals surface area contributed by atoms with Crippen LogP contribution in [0.2, 0.25) is 0 Å². The molecule has 1 saturated carbocycles. The highest BCUT2D eigenvalue weighted by molar-refractivity contribution is 5.84. The third-order valence-electron chi connectivity index (χ3n) is 5.49. The number of carbonyl (C=O) groups is 2. The van der Waals surface area contributed by atoms with Crippen molar-refractivity contribution >= 4 is 11.8 Å².